The molecule has 1 aliphatic rings. The molecule has 1 aromatic rings. The topological polar surface area (TPSA) is 58.6 Å². The smallest absolute Gasteiger partial charge is 0.194 e. The summed E-state index contributed by atoms with van der Waals surface area (Å²) in [5, 5.41) is 3.45. The van der Waals surface area contributed by atoms with E-state index in [1.165, 1.54) is 5.56 Å². The molecule has 1 saturated heterocycles. The Hall–Kier alpha value is -1.83. The van der Waals surface area contributed by atoms with Crippen LogP contribution in [0.2, 0.25) is 0 Å². The van der Waals surface area contributed by atoms with Gasteiger partial charge in [-0.1, -0.05) is 26.0 Å². The van der Waals surface area contributed by atoms with Gasteiger partial charge in [0.2, 0.25) is 0 Å². The van der Waals surface area contributed by atoms with Crippen molar-refractivity contribution >= 4 is 5.96 Å². The number of guanidine groups is 1. The number of likely N-dealkylation sites (N-methyl/N-ethyl adjacent to an activating group) is 1. The van der Waals surface area contributed by atoms with Gasteiger partial charge in [0.05, 0.1) is 12.6 Å². The number of nitrogens with one attached hydrogen (secondary N) is 1. The summed E-state index contributed by atoms with van der Waals surface area (Å²) in [6.07, 6.45) is 3.38. The van der Waals surface area contributed by atoms with E-state index in [4.69, 9.17) is 19.2 Å². The van der Waals surface area contributed by atoms with Gasteiger partial charge in [-0.3, -0.25) is 0 Å². The van der Waals surface area contributed by atoms with Crippen molar-refractivity contribution in [3.63, 3.8) is 0 Å². The molecule has 0 spiro atoms. The molecule has 1 aromatic carbocycles. The SMILES string of the molecule is CCNC(=NCc1ccc(OCCN(CC)CC)cc1)N1CCC(OCCCOC)CC1. The van der Waals surface area contributed by atoms with Crippen molar-refractivity contribution in [3.05, 3.63) is 29.8 Å². The van der Waals surface area contributed by atoms with E-state index in [2.05, 4.69) is 48.0 Å². The van der Waals surface area contributed by atoms with Crippen LogP contribution >= 0.6 is 0 Å². The Bertz CT molecular complexity index is 627. The molecule has 32 heavy (non-hydrogen) atoms. The summed E-state index contributed by atoms with van der Waals surface area (Å²) < 4.78 is 17.0. The van der Waals surface area contributed by atoms with Gasteiger partial charge in [-0.15, -0.1) is 0 Å². The van der Waals surface area contributed by atoms with Gasteiger partial charge < -0.3 is 29.3 Å². The van der Waals surface area contributed by atoms with Gasteiger partial charge in [-0.05, 0) is 57.0 Å². The second kappa shape index (κ2) is 15.9. The molecule has 7 heteroatoms. The molecule has 0 amide bonds. The second-order valence-electron chi connectivity index (χ2n) is 8.09. The number of likely N-dealkylation sites (tertiary alicyclic amines) is 1. The molecule has 2 rings (SSSR count). The predicted octanol–water partition coefficient (Wildman–Crippen LogP) is 3.39. The Morgan fingerprint density at radius 2 is 1.78 bits per heavy atom. The number of ether oxygens (including phenoxy) is 3. The Balaban J connectivity index is 1.79. The highest BCUT2D eigenvalue weighted by molar-refractivity contribution is 5.80. The molecule has 0 unspecified atom stereocenters. The minimum atomic E-state index is 0.347. The number of methoxy groups -OCH3 is 1. The number of aliphatic imine (C=N–C) groups is 1. The average Bonchev–Trinajstić information content (AvgIpc) is 2.83. The number of benzene rings is 1. The van der Waals surface area contributed by atoms with Crippen LogP contribution in [0.1, 0.15) is 45.6 Å². The summed E-state index contributed by atoms with van der Waals surface area (Å²) >= 11 is 0. The quantitative estimate of drug-likeness (QED) is 0.267. The standard InChI is InChI=1S/C25H44N4O3/c1-5-26-25(29-15-13-24(14-16-29)31-19-8-18-30-4)27-21-22-9-11-23(12-10-22)32-20-17-28(6-2)7-3/h9-12,24H,5-8,13-21H2,1-4H3,(H,26,27). The van der Waals surface area contributed by atoms with Gasteiger partial charge in [0.15, 0.2) is 5.96 Å². The van der Waals surface area contributed by atoms with E-state index in [0.29, 0.717) is 12.6 Å². The first-order valence-corrected chi connectivity index (χ1v) is 12.3. The van der Waals surface area contributed by atoms with Crippen LogP contribution in [0.25, 0.3) is 0 Å². The van der Waals surface area contributed by atoms with Gasteiger partial charge in [0, 0.05) is 46.5 Å². The lowest BCUT2D eigenvalue weighted by molar-refractivity contribution is 0.00990. The number of nitrogens with zero attached hydrogens (tertiary/aromatic N) is 3. The average molecular weight is 449 g/mol. The van der Waals surface area contributed by atoms with E-state index in [1.54, 1.807) is 7.11 Å². The minimum Gasteiger partial charge on any atom is -0.492 e. The molecule has 1 heterocycles. The monoisotopic (exact) mass is 448 g/mol. The van der Waals surface area contributed by atoms with Gasteiger partial charge >= 0.3 is 0 Å². The predicted molar refractivity (Wildman–Crippen MR) is 132 cm³/mol. The molecule has 1 fully saturated rings. The van der Waals surface area contributed by atoms with Crippen LogP contribution in [0.5, 0.6) is 5.75 Å². The summed E-state index contributed by atoms with van der Waals surface area (Å²) in [6, 6.07) is 8.32. The van der Waals surface area contributed by atoms with Crippen LogP contribution in [0.3, 0.4) is 0 Å². The molecular formula is C25H44N4O3. The zero-order valence-corrected chi connectivity index (χ0v) is 20.6. The number of rotatable bonds is 14. The molecule has 0 bridgehead atoms. The third-order valence-corrected chi connectivity index (χ3v) is 5.83. The molecule has 182 valence electrons. The van der Waals surface area contributed by atoms with Crippen LogP contribution < -0.4 is 10.1 Å². The maximum atomic E-state index is 5.99. The minimum absolute atomic E-state index is 0.347. The van der Waals surface area contributed by atoms with Crippen LogP contribution in [0.15, 0.2) is 29.3 Å². The van der Waals surface area contributed by atoms with Crippen LogP contribution in [0.4, 0.5) is 0 Å². The first-order chi connectivity index (χ1) is 15.7. The molecular weight excluding hydrogens is 404 g/mol. The zero-order chi connectivity index (χ0) is 23.0. The maximum absolute atomic E-state index is 5.99. The third kappa shape index (κ3) is 9.76. The van der Waals surface area contributed by atoms with E-state index >= 15 is 0 Å². The van der Waals surface area contributed by atoms with Gasteiger partial charge in [0.25, 0.3) is 0 Å². The van der Waals surface area contributed by atoms with E-state index in [1.807, 2.05) is 12.1 Å². The number of hydrogen-bond acceptors (Lipinski definition) is 5. The lowest BCUT2D eigenvalue weighted by Crippen LogP contribution is -2.47. The largest absolute Gasteiger partial charge is 0.492 e. The first kappa shape index (κ1) is 26.4. The molecule has 0 saturated carbocycles. The van der Waals surface area contributed by atoms with E-state index in [-0.39, 0.29) is 0 Å². The fraction of sp³-hybridized carbons (Fsp3) is 0.720. The molecule has 0 aromatic heterocycles. The van der Waals surface area contributed by atoms with Crippen molar-refractivity contribution in [1.82, 2.24) is 15.1 Å². The van der Waals surface area contributed by atoms with Crippen LogP contribution in [0, 0.1) is 0 Å². The van der Waals surface area contributed by atoms with Crippen molar-refractivity contribution < 1.29 is 14.2 Å². The normalized spacial score (nSPS) is 15.4. The summed E-state index contributed by atoms with van der Waals surface area (Å²) in [6.45, 7) is 15.3. The van der Waals surface area contributed by atoms with Crippen LogP contribution in [-0.2, 0) is 16.0 Å². The summed E-state index contributed by atoms with van der Waals surface area (Å²) in [5.74, 6) is 1.91. The Labute approximate surface area is 195 Å². The first-order valence-electron chi connectivity index (χ1n) is 12.3. The zero-order valence-electron chi connectivity index (χ0n) is 20.6. The highest BCUT2D eigenvalue weighted by atomic mass is 16.5. The third-order valence-electron chi connectivity index (χ3n) is 5.83. The number of piperidine rings is 1. The number of hydrogen-bond donors (Lipinski definition) is 1. The van der Waals surface area contributed by atoms with Crippen molar-refractivity contribution in [2.24, 2.45) is 4.99 Å². The second-order valence-corrected chi connectivity index (χ2v) is 8.09. The molecule has 0 radical (unpaired) electrons. The molecule has 1 aliphatic heterocycles. The Morgan fingerprint density at radius 1 is 1.06 bits per heavy atom. The lowest BCUT2D eigenvalue weighted by Gasteiger charge is -2.34. The lowest BCUT2D eigenvalue weighted by atomic mass is 10.1. The molecule has 0 aliphatic carbocycles. The Kier molecular flexibility index (Phi) is 13.1. The van der Waals surface area contributed by atoms with E-state index < -0.39 is 0 Å². The Morgan fingerprint density at radius 3 is 2.41 bits per heavy atom. The van der Waals surface area contributed by atoms with Crippen molar-refractivity contribution in [1.29, 1.82) is 0 Å². The molecule has 1 N–H and O–H groups in total. The summed E-state index contributed by atoms with van der Waals surface area (Å²) in [5.41, 5.74) is 1.19. The highest BCUT2D eigenvalue weighted by Gasteiger charge is 2.21. The molecule has 7 nitrogen and oxygen atoms in total. The van der Waals surface area contributed by atoms with Crippen molar-refractivity contribution in [3.8, 4) is 5.75 Å². The van der Waals surface area contributed by atoms with Crippen molar-refractivity contribution in [2.75, 3.05) is 66.2 Å². The summed E-state index contributed by atoms with van der Waals surface area (Å²) in [7, 11) is 1.73. The van der Waals surface area contributed by atoms with Crippen molar-refractivity contribution in [2.45, 2.75) is 52.7 Å². The highest BCUT2D eigenvalue weighted by Crippen LogP contribution is 2.16. The van der Waals surface area contributed by atoms with E-state index in [0.717, 1.165) is 90.1 Å². The van der Waals surface area contributed by atoms with Gasteiger partial charge in [-0.25, -0.2) is 4.99 Å². The molecule has 0 atom stereocenters. The maximum Gasteiger partial charge on any atom is 0.194 e. The fourth-order valence-electron chi connectivity index (χ4n) is 3.80. The summed E-state index contributed by atoms with van der Waals surface area (Å²) in [4.78, 5) is 9.60. The van der Waals surface area contributed by atoms with E-state index in [9.17, 15) is 0 Å². The van der Waals surface area contributed by atoms with Gasteiger partial charge in [-0.2, -0.15) is 0 Å². The van der Waals surface area contributed by atoms with Gasteiger partial charge in [0.1, 0.15) is 12.4 Å². The van der Waals surface area contributed by atoms with Crippen LogP contribution in [-0.4, -0.2) is 88.1 Å². The fourth-order valence-corrected chi connectivity index (χ4v) is 3.80.